The lowest BCUT2D eigenvalue weighted by atomic mass is 10.1. The van der Waals surface area contributed by atoms with E-state index in [2.05, 4.69) is 19.1 Å². The normalized spacial score (nSPS) is 15.1. The van der Waals surface area contributed by atoms with Crippen LogP contribution in [0.25, 0.3) is 0 Å². The third-order valence-electron chi connectivity index (χ3n) is 4.70. The van der Waals surface area contributed by atoms with Gasteiger partial charge in [-0.05, 0) is 50.5 Å². The standard InChI is InChI=1S/C22H27NO3/c1-3-25-20-10-12-23(13-11-20)22(24)19-8-5-9-21(15-19)26-16-18-7-4-6-17(2)14-18/h4-9,14-15,20H,3,10-13,16H2,1-2H3. The number of piperidine rings is 1. The van der Waals surface area contributed by atoms with E-state index in [1.807, 2.05) is 48.2 Å². The molecule has 0 aromatic heterocycles. The van der Waals surface area contributed by atoms with Gasteiger partial charge in [-0.1, -0.05) is 35.9 Å². The van der Waals surface area contributed by atoms with Crippen molar-refractivity contribution in [3.63, 3.8) is 0 Å². The van der Waals surface area contributed by atoms with Crippen molar-refractivity contribution in [2.24, 2.45) is 0 Å². The van der Waals surface area contributed by atoms with Gasteiger partial charge in [-0.15, -0.1) is 0 Å². The van der Waals surface area contributed by atoms with E-state index in [-0.39, 0.29) is 12.0 Å². The fourth-order valence-corrected chi connectivity index (χ4v) is 3.33. The molecule has 1 heterocycles. The van der Waals surface area contributed by atoms with Crippen molar-refractivity contribution in [2.75, 3.05) is 19.7 Å². The number of carbonyl (C=O) groups is 1. The smallest absolute Gasteiger partial charge is 0.253 e. The Balaban J connectivity index is 1.59. The van der Waals surface area contributed by atoms with Crippen LogP contribution >= 0.6 is 0 Å². The molecular weight excluding hydrogens is 326 g/mol. The largest absolute Gasteiger partial charge is 0.489 e. The second-order valence-corrected chi connectivity index (χ2v) is 6.75. The number of likely N-dealkylation sites (tertiary alicyclic amines) is 1. The van der Waals surface area contributed by atoms with Crippen LogP contribution < -0.4 is 4.74 Å². The van der Waals surface area contributed by atoms with Gasteiger partial charge in [0, 0.05) is 25.3 Å². The number of carbonyl (C=O) groups excluding carboxylic acids is 1. The minimum Gasteiger partial charge on any atom is -0.489 e. The number of aryl methyl sites for hydroxylation is 1. The lowest BCUT2D eigenvalue weighted by molar-refractivity contribution is 0.0146. The summed E-state index contributed by atoms with van der Waals surface area (Å²) in [6.07, 6.45) is 2.10. The van der Waals surface area contributed by atoms with Gasteiger partial charge < -0.3 is 14.4 Å². The molecule has 2 aromatic rings. The fourth-order valence-electron chi connectivity index (χ4n) is 3.33. The van der Waals surface area contributed by atoms with E-state index in [1.165, 1.54) is 5.56 Å². The lowest BCUT2D eigenvalue weighted by Gasteiger charge is -2.31. The zero-order chi connectivity index (χ0) is 18.4. The number of ether oxygens (including phenoxy) is 2. The Morgan fingerprint density at radius 3 is 2.62 bits per heavy atom. The molecule has 0 radical (unpaired) electrons. The van der Waals surface area contributed by atoms with Gasteiger partial charge in [0.05, 0.1) is 6.10 Å². The summed E-state index contributed by atoms with van der Waals surface area (Å²) in [6, 6.07) is 15.7. The lowest BCUT2D eigenvalue weighted by Crippen LogP contribution is -2.40. The Bertz CT molecular complexity index is 736. The van der Waals surface area contributed by atoms with Crippen LogP contribution in [0.1, 0.15) is 41.3 Å². The first kappa shape index (κ1) is 18.5. The molecule has 1 aliphatic heterocycles. The maximum absolute atomic E-state index is 12.8. The molecule has 1 saturated heterocycles. The maximum atomic E-state index is 12.8. The molecule has 26 heavy (non-hydrogen) atoms. The Hall–Kier alpha value is -2.33. The van der Waals surface area contributed by atoms with Crippen molar-refractivity contribution < 1.29 is 14.3 Å². The van der Waals surface area contributed by atoms with Crippen LogP contribution in [0.15, 0.2) is 48.5 Å². The third-order valence-corrected chi connectivity index (χ3v) is 4.70. The molecule has 2 aromatic carbocycles. The van der Waals surface area contributed by atoms with E-state index < -0.39 is 0 Å². The number of benzene rings is 2. The summed E-state index contributed by atoms with van der Waals surface area (Å²) in [4.78, 5) is 14.7. The summed E-state index contributed by atoms with van der Waals surface area (Å²) in [5, 5.41) is 0. The highest BCUT2D eigenvalue weighted by Gasteiger charge is 2.23. The average Bonchev–Trinajstić information content (AvgIpc) is 2.67. The second-order valence-electron chi connectivity index (χ2n) is 6.75. The third kappa shape index (κ3) is 4.85. The first-order chi connectivity index (χ1) is 12.7. The number of hydrogen-bond acceptors (Lipinski definition) is 3. The predicted molar refractivity (Wildman–Crippen MR) is 103 cm³/mol. The molecule has 0 bridgehead atoms. The maximum Gasteiger partial charge on any atom is 0.253 e. The van der Waals surface area contributed by atoms with Gasteiger partial charge in [0.1, 0.15) is 12.4 Å². The van der Waals surface area contributed by atoms with Gasteiger partial charge in [0.25, 0.3) is 5.91 Å². The molecule has 4 heteroatoms. The fraction of sp³-hybridized carbons (Fsp3) is 0.409. The SMILES string of the molecule is CCOC1CCN(C(=O)c2cccc(OCc3cccc(C)c3)c2)CC1. The first-order valence-electron chi connectivity index (χ1n) is 9.35. The van der Waals surface area contributed by atoms with Crippen LogP contribution in [0, 0.1) is 6.92 Å². The highest BCUT2D eigenvalue weighted by atomic mass is 16.5. The zero-order valence-corrected chi connectivity index (χ0v) is 15.6. The van der Waals surface area contributed by atoms with Gasteiger partial charge in [-0.25, -0.2) is 0 Å². The zero-order valence-electron chi connectivity index (χ0n) is 15.6. The number of hydrogen-bond donors (Lipinski definition) is 0. The van der Waals surface area contributed by atoms with Gasteiger partial charge >= 0.3 is 0 Å². The van der Waals surface area contributed by atoms with Crippen molar-refractivity contribution in [1.29, 1.82) is 0 Å². The Morgan fingerprint density at radius 2 is 1.88 bits per heavy atom. The van der Waals surface area contributed by atoms with Crippen LogP contribution in [0.5, 0.6) is 5.75 Å². The Labute approximate surface area is 155 Å². The molecule has 4 nitrogen and oxygen atoms in total. The van der Waals surface area contributed by atoms with Crippen molar-refractivity contribution >= 4 is 5.91 Å². The van der Waals surface area contributed by atoms with Crippen LogP contribution in [-0.4, -0.2) is 36.6 Å². The van der Waals surface area contributed by atoms with Crippen LogP contribution in [-0.2, 0) is 11.3 Å². The van der Waals surface area contributed by atoms with Crippen LogP contribution in [0.3, 0.4) is 0 Å². The van der Waals surface area contributed by atoms with Gasteiger partial charge in [-0.3, -0.25) is 4.79 Å². The molecule has 0 N–H and O–H groups in total. The monoisotopic (exact) mass is 353 g/mol. The summed E-state index contributed by atoms with van der Waals surface area (Å²) in [6.45, 7) is 6.81. The summed E-state index contributed by atoms with van der Waals surface area (Å²) in [7, 11) is 0. The minimum absolute atomic E-state index is 0.0703. The molecule has 1 fully saturated rings. The molecule has 0 saturated carbocycles. The molecule has 138 valence electrons. The Kier molecular flexibility index (Phi) is 6.29. The minimum atomic E-state index is 0.0703. The van der Waals surface area contributed by atoms with E-state index in [0.29, 0.717) is 12.2 Å². The van der Waals surface area contributed by atoms with E-state index in [9.17, 15) is 4.79 Å². The molecule has 0 spiro atoms. The van der Waals surface area contributed by atoms with Gasteiger partial charge in [-0.2, -0.15) is 0 Å². The van der Waals surface area contributed by atoms with Crippen LogP contribution in [0.2, 0.25) is 0 Å². The summed E-state index contributed by atoms with van der Waals surface area (Å²) >= 11 is 0. The molecule has 0 unspecified atom stereocenters. The molecule has 0 aliphatic carbocycles. The predicted octanol–water partition coefficient (Wildman–Crippen LogP) is 4.22. The number of nitrogens with zero attached hydrogens (tertiary/aromatic N) is 1. The van der Waals surface area contributed by atoms with E-state index >= 15 is 0 Å². The van der Waals surface area contributed by atoms with Crippen molar-refractivity contribution in [3.8, 4) is 5.75 Å². The summed E-state index contributed by atoms with van der Waals surface area (Å²) in [5.74, 6) is 0.794. The molecule has 0 atom stereocenters. The molecule has 1 aliphatic rings. The number of amides is 1. The van der Waals surface area contributed by atoms with E-state index in [0.717, 1.165) is 43.9 Å². The highest BCUT2D eigenvalue weighted by Crippen LogP contribution is 2.20. The topological polar surface area (TPSA) is 38.8 Å². The molecular formula is C22H27NO3. The second kappa shape index (κ2) is 8.86. The Morgan fingerprint density at radius 1 is 1.12 bits per heavy atom. The quantitative estimate of drug-likeness (QED) is 0.781. The van der Waals surface area contributed by atoms with Gasteiger partial charge in [0.15, 0.2) is 0 Å². The average molecular weight is 353 g/mol. The van der Waals surface area contributed by atoms with Crippen molar-refractivity contribution in [2.45, 2.75) is 39.4 Å². The first-order valence-corrected chi connectivity index (χ1v) is 9.35. The van der Waals surface area contributed by atoms with Gasteiger partial charge in [0.2, 0.25) is 0 Å². The summed E-state index contributed by atoms with van der Waals surface area (Å²) in [5.41, 5.74) is 3.02. The number of rotatable bonds is 6. The highest BCUT2D eigenvalue weighted by molar-refractivity contribution is 5.94. The van der Waals surface area contributed by atoms with Crippen LogP contribution in [0.4, 0.5) is 0 Å². The van der Waals surface area contributed by atoms with Crippen molar-refractivity contribution in [1.82, 2.24) is 4.90 Å². The van der Waals surface area contributed by atoms with E-state index in [4.69, 9.17) is 9.47 Å². The molecule has 3 rings (SSSR count). The van der Waals surface area contributed by atoms with E-state index in [1.54, 1.807) is 0 Å². The van der Waals surface area contributed by atoms with Crippen molar-refractivity contribution in [3.05, 3.63) is 65.2 Å². The summed E-state index contributed by atoms with van der Waals surface area (Å²) < 4.78 is 11.5. The molecule has 1 amide bonds.